The van der Waals surface area contributed by atoms with E-state index in [1.165, 1.54) is 86.1 Å². The van der Waals surface area contributed by atoms with Crippen LogP contribution in [0.25, 0.3) is 74.3 Å². The first kappa shape index (κ1) is 28.3. The minimum atomic E-state index is -0.0977. The molecular formula is C46H30N2S2. The highest BCUT2D eigenvalue weighted by atomic mass is 32.1. The van der Waals surface area contributed by atoms with E-state index in [0.29, 0.717) is 0 Å². The number of rotatable bonds is 4. The van der Waals surface area contributed by atoms with Crippen LogP contribution in [-0.4, -0.2) is 4.98 Å². The van der Waals surface area contributed by atoms with Gasteiger partial charge in [-0.15, -0.1) is 22.7 Å². The van der Waals surface area contributed by atoms with Gasteiger partial charge in [0, 0.05) is 64.4 Å². The quantitative estimate of drug-likeness (QED) is 0.185. The molecule has 0 bridgehead atoms. The molecule has 2 aromatic heterocycles. The summed E-state index contributed by atoms with van der Waals surface area (Å²) in [5.74, 6) is 0. The molecular weight excluding hydrogens is 645 g/mol. The maximum absolute atomic E-state index is 5.23. The normalized spacial score (nSPS) is 13.6. The summed E-state index contributed by atoms with van der Waals surface area (Å²) >= 11 is 3.67. The van der Waals surface area contributed by atoms with Crippen LogP contribution in [0.3, 0.4) is 0 Å². The molecule has 0 fully saturated rings. The fourth-order valence-electron chi connectivity index (χ4n) is 8.47. The smallest absolute Gasteiger partial charge is 0.124 e. The monoisotopic (exact) mass is 674 g/mol. The molecule has 0 unspecified atom stereocenters. The highest BCUT2D eigenvalue weighted by Gasteiger charge is 2.36. The second-order valence-electron chi connectivity index (χ2n) is 13.9. The van der Waals surface area contributed by atoms with Gasteiger partial charge in [-0.1, -0.05) is 117 Å². The van der Waals surface area contributed by atoms with E-state index in [-0.39, 0.29) is 5.41 Å². The summed E-state index contributed by atoms with van der Waals surface area (Å²) in [6.07, 6.45) is 0. The molecule has 4 heteroatoms. The number of fused-ring (bicyclic) bond motifs is 9. The standard InChI is InChI=1S/C46H30N2S2/c1-46(2)37-17-8-6-13-30(37)31-21-19-29(26-38(31)46)48(28-20-24-41-36(25-28)32-14-7-9-18-40(32)49-41)39-23-22-35-42-33(39)15-10-16-34(42)43-44(35)50-45(47-43)27-11-4-3-5-12-27/h3-26H,1-2H3. The van der Waals surface area contributed by atoms with Gasteiger partial charge < -0.3 is 4.90 Å². The third-order valence-corrected chi connectivity index (χ3v) is 13.1. The molecule has 236 valence electrons. The lowest BCUT2D eigenvalue weighted by molar-refractivity contribution is 0.660. The molecule has 2 nitrogen and oxygen atoms in total. The number of anilines is 3. The SMILES string of the molecule is CC1(C)c2ccccc2-c2ccc(N(c3ccc4sc5ccccc5c4c3)c3ccc4c5c(cccc35)-c3nc(-c5ccccc5)sc3-4)cc21. The van der Waals surface area contributed by atoms with E-state index in [2.05, 4.69) is 164 Å². The van der Waals surface area contributed by atoms with E-state index in [1.54, 1.807) is 11.3 Å². The number of aromatic nitrogens is 1. The Balaban J connectivity index is 1.14. The van der Waals surface area contributed by atoms with E-state index < -0.39 is 0 Å². The molecule has 0 radical (unpaired) electrons. The van der Waals surface area contributed by atoms with Crippen molar-refractivity contribution >= 4 is 70.7 Å². The number of thiophene rings is 1. The topological polar surface area (TPSA) is 16.1 Å². The van der Waals surface area contributed by atoms with Crippen LogP contribution in [0.2, 0.25) is 0 Å². The molecule has 2 aliphatic rings. The van der Waals surface area contributed by atoms with Gasteiger partial charge in [-0.3, -0.25) is 0 Å². The summed E-state index contributed by atoms with van der Waals surface area (Å²) in [6, 6.07) is 53.8. The predicted molar refractivity (Wildman–Crippen MR) is 215 cm³/mol. The molecule has 9 aromatic rings. The van der Waals surface area contributed by atoms with Gasteiger partial charge in [0.25, 0.3) is 0 Å². The van der Waals surface area contributed by atoms with Gasteiger partial charge in [0.05, 0.1) is 16.3 Å². The number of benzene rings is 7. The molecule has 50 heavy (non-hydrogen) atoms. The molecule has 0 saturated heterocycles. The molecule has 0 amide bonds. The van der Waals surface area contributed by atoms with E-state index in [0.717, 1.165) is 16.4 Å². The van der Waals surface area contributed by atoms with Crippen molar-refractivity contribution in [3.8, 4) is 43.4 Å². The van der Waals surface area contributed by atoms with Crippen molar-refractivity contribution < 1.29 is 0 Å². The molecule has 0 aliphatic heterocycles. The summed E-state index contributed by atoms with van der Waals surface area (Å²) in [4.78, 5) is 8.98. The first-order chi connectivity index (χ1) is 24.5. The van der Waals surface area contributed by atoms with E-state index in [9.17, 15) is 0 Å². The Hall–Kier alpha value is -5.55. The van der Waals surface area contributed by atoms with Crippen LogP contribution in [0.5, 0.6) is 0 Å². The van der Waals surface area contributed by atoms with Gasteiger partial charge in [-0.2, -0.15) is 0 Å². The average Bonchev–Trinajstić information content (AvgIpc) is 3.89. The van der Waals surface area contributed by atoms with E-state index >= 15 is 0 Å². The highest BCUT2D eigenvalue weighted by Crippen LogP contribution is 2.55. The third kappa shape index (κ3) is 3.86. The van der Waals surface area contributed by atoms with Gasteiger partial charge in [0.15, 0.2) is 0 Å². The van der Waals surface area contributed by atoms with Crippen molar-refractivity contribution in [2.75, 3.05) is 4.90 Å². The lowest BCUT2D eigenvalue weighted by atomic mass is 9.82. The molecule has 0 spiro atoms. The minimum Gasteiger partial charge on any atom is -0.310 e. The fourth-order valence-corrected chi connectivity index (χ4v) is 10.7. The number of hydrogen-bond acceptors (Lipinski definition) is 4. The summed E-state index contributed by atoms with van der Waals surface area (Å²) in [7, 11) is 0. The van der Waals surface area contributed by atoms with Crippen LogP contribution in [0.1, 0.15) is 25.0 Å². The minimum absolute atomic E-state index is 0.0977. The van der Waals surface area contributed by atoms with Crippen molar-refractivity contribution in [2.24, 2.45) is 0 Å². The van der Waals surface area contributed by atoms with Crippen molar-refractivity contribution in [1.82, 2.24) is 4.98 Å². The maximum Gasteiger partial charge on any atom is 0.124 e. The predicted octanol–water partition coefficient (Wildman–Crippen LogP) is 13.8. The van der Waals surface area contributed by atoms with Gasteiger partial charge in [-0.05, 0) is 64.7 Å². The zero-order valence-electron chi connectivity index (χ0n) is 27.6. The van der Waals surface area contributed by atoms with Crippen molar-refractivity contribution in [3.05, 3.63) is 157 Å². The Kier molecular flexibility index (Phi) is 5.80. The van der Waals surface area contributed by atoms with Crippen molar-refractivity contribution in [1.29, 1.82) is 0 Å². The zero-order valence-corrected chi connectivity index (χ0v) is 29.2. The van der Waals surface area contributed by atoms with Gasteiger partial charge in [-0.25, -0.2) is 4.98 Å². The van der Waals surface area contributed by atoms with E-state index in [1.807, 2.05) is 11.3 Å². The molecule has 11 rings (SSSR count). The molecule has 0 N–H and O–H groups in total. The van der Waals surface area contributed by atoms with Crippen molar-refractivity contribution in [2.45, 2.75) is 19.3 Å². The van der Waals surface area contributed by atoms with Crippen LogP contribution < -0.4 is 4.90 Å². The Labute approximate surface area is 298 Å². The van der Waals surface area contributed by atoms with Crippen LogP contribution in [0, 0.1) is 0 Å². The van der Waals surface area contributed by atoms with Crippen molar-refractivity contribution in [3.63, 3.8) is 0 Å². The Morgan fingerprint density at radius 1 is 0.520 bits per heavy atom. The molecule has 7 aromatic carbocycles. The second kappa shape index (κ2) is 10.2. The largest absolute Gasteiger partial charge is 0.310 e. The Morgan fingerprint density at radius 2 is 1.22 bits per heavy atom. The highest BCUT2D eigenvalue weighted by molar-refractivity contribution is 7.25. The second-order valence-corrected chi connectivity index (χ2v) is 16.0. The summed E-state index contributed by atoms with van der Waals surface area (Å²) in [5.41, 5.74) is 13.6. The first-order valence-corrected chi connectivity index (χ1v) is 18.8. The number of thiazole rings is 1. The Bertz CT molecular complexity index is 2830. The maximum atomic E-state index is 5.23. The van der Waals surface area contributed by atoms with Gasteiger partial charge >= 0.3 is 0 Å². The van der Waals surface area contributed by atoms with Gasteiger partial charge in [0.1, 0.15) is 5.01 Å². The average molecular weight is 675 g/mol. The number of hydrogen-bond donors (Lipinski definition) is 0. The molecule has 2 heterocycles. The summed E-state index contributed by atoms with van der Waals surface area (Å²) in [5, 5.41) is 6.21. The first-order valence-electron chi connectivity index (χ1n) is 17.1. The van der Waals surface area contributed by atoms with Crippen LogP contribution >= 0.6 is 22.7 Å². The third-order valence-electron chi connectivity index (χ3n) is 10.8. The summed E-state index contributed by atoms with van der Waals surface area (Å²) in [6.45, 7) is 4.73. The van der Waals surface area contributed by atoms with E-state index in [4.69, 9.17) is 4.98 Å². The Morgan fingerprint density at radius 3 is 2.14 bits per heavy atom. The van der Waals surface area contributed by atoms with Gasteiger partial charge in [0.2, 0.25) is 0 Å². The van der Waals surface area contributed by atoms with Crippen LogP contribution in [0.4, 0.5) is 17.1 Å². The van der Waals surface area contributed by atoms with Crippen LogP contribution in [0.15, 0.2) is 146 Å². The summed E-state index contributed by atoms with van der Waals surface area (Å²) < 4.78 is 2.63. The zero-order chi connectivity index (χ0) is 33.1. The van der Waals surface area contributed by atoms with Crippen LogP contribution in [-0.2, 0) is 5.41 Å². The molecule has 0 atom stereocenters. The molecule has 2 aliphatic carbocycles. The lowest BCUT2D eigenvalue weighted by Gasteiger charge is -2.29. The fraction of sp³-hybridized carbons (Fsp3) is 0.0652. The number of nitrogens with zero attached hydrogens (tertiary/aromatic N) is 2. The molecule has 0 saturated carbocycles. The lowest BCUT2D eigenvalue weighted by Crippen LogP contribution is -2.16.